The number of aryl methyl sites for hydroxylation is 1. The minimum absolute atomic E-state index is 0.187. The summed E-state index contributed by atoms with van der Waals surface area (Å²) in [7, 11) is 0. The topological polar surface area (TPSA) is 91.8 Å². The first-order chi connectivity index (χ1) is 11.1. The van der Waals surface area contributed by atoms with Gasteiger partial charge >= 0.3 is 5.97 Å². The lowest BCUT2D eigenvalue weighted by molar-refractivity contribution is 0.0697. The molecule has 1 heterocycles. The van der Waals surface area contributed by atoms with E-state index < -0.39 is 5.97 Å². The highest BCUT2D eigenvalue weighted by Crippen LogP contribution is 2.25. The number of carbonyl (C=O) groups is 1. The predicted octanol–water partition coefficient (Wildman–Crippen LogP) is 2.81. The van der Waals surface area contributed by atoms with Crippen LogP contribution < -0.4 is 0 Å². The van der Waals surface area contributed by atoms with Gasteiger partial charge in [0.25, 0.3) is 0 Å². The van der Waals surface area contributed by atoms with E-state index >= 15 is 0 Å². The Morgan fingerprint density at radius 2 is 1.96 bits per heavy atom. The summed E-state index contributed by atoms with van der Waals surface area (Å²) < 4.78 is 1.54. The van der Waals surface area contributed by atoms with Gasteiger partial charge in [-0.1, -0.05) is 29.0 Å². The van der Waals surface area contributed by atoms with Gasteiger partial charge in [0.05, 0.1) is 11.3 Å². The summed E-state index contributed by atoms with van der Waals surface area (Å²) in [6, 6.07) is 16.0. The van der Waals surface area contributed by atoms with Gasteiger partial charge in [-0.2, -0.15) is 5.26 Å². The Bertz CT molecular complexity index is 921. The largest absolute Gasteiger partial charge is 0.478 e. The molecule has 6 nitrogen and oxygen atoms in total. The average molecular weight is 304 g/mol. The lowest BCUT2D eigenvalue weighted by atomic mass is 10.1. The molecule has 0 aliphatic carbocycles. The SMILES string of the molecule is Cc1cccc(-c2c(C#N)nnn2-c2ccc(C(=O)O)cc2)c1. The maximum atomic E-state index is 10.9. The third kappa shape index (κ3) is 2.68. The van der Waals surface area contributed by atoms with Crippen molar-refractivity contribution in [1.29, 1.82) is 5.26 Å². The van der Waals surface area contributed by atoms with Gasteiger partial charge in [-0.05, 0) is 37.3 Å². The van der Waals surface area contributed by atoms with Gasteiger partial charge in [-0.15, -0.1) is 5.10 Å². The van der Waals surface area contributed by atoms with Crippen LogP contribution in [-0.4, -0.2) is 26.1 Å². The zero-order chi connectivity index (χ0) is 16.4. The summed E-state index contributed by atoms with van der Waals surface area (Å²) in [6.45, 7) is 1.96. The summed E-state index contributed by atoms with van der Waals surface area (Å²) in [5, 5.41) is 26.2. The predicted molar refractivity (Wildman–Crippen MR) is 83.2 cm³/mol. The lowest BCUT2D eigenvalue weighted by Gasteiger charge is -2.08. The summed E-state index contributed by atoms with van der Waals surface area (Å²) in [6.07, 6.45) is 0. The molecule has 0 radical (unpaired) electrons. The third-order valence-corrected chi connectivity index (χ3v) is 3.43. The lowest BCUT2D eigenvalue weighted by Crippen LogP contribution is -2.02. The number of benzene rings is 2. The van der Waals surface area contributed by atoms with Crippen LogP contribution in [0.1, 0.15) is 21.6 Å². The zero-order valence-electron chi connectivity index (χ0n) is 12.3. The number of aromatic carboxylic acids is 1. The van der Waals surface area contributed by atoms with Gasteiger partial charge in [0, 0.05) is 5.56 Å². The van der Waals surface area contributed by atoms with Crippen molar-refractivity contribution in [2.75, 3.05) is 0 Å². The molecule has 0 fully saturated rings. The Labute approximate surface area is 132 Å². The maximum absolute atomic E-state index is 10.9. The number of hydrogen-bond donors (Lipinski definition) is 1. The van der Waals surface area contributed by atoms with Crippen LogP contribution in [0.4, 0.5) is 0 Å². The molecule has 3 rings (SSSR count). The summed E-state index contributed by atoms with van der Waals surface area (Å²) >= 11 is 0. The Balaban J connectivity index is 2.16. The van der Waals surface area contributed by atoms with Crippen LogP contribution in [-0.2, 0) is 0 Å². The molecule has 0 aliphatic rings. The van der Waals surface area contributed by atoms with Gasteiger partial charge in [0.2, 0.25) is 0 Å². The molecular formula is C17H12N4O2. The molecular weight excluding hydrogens is 292 g/mol. The van der Waals surface area contributed by atoms with Crippen LogP contribution in [0.2, 0.25) is 0 Å². The highest BCUT2D eigenvalue weighted by molar-refractivity contribution is 5.87. The van der Waals surface area contributed by atoms with E-state index in [1.165, 1.54) is 12.1 Å². The molecule has 0 spiro atoms. The van der Waals surface area contributed by atoms with Crippen molar-refractivity contribution >= 4 is 5.97 Å². The monoisotopic (exact) mass is 304 g/mol. The fraction of sp³-hybridized carbons (Fsp3) is 0.0588. The standard InChI is InChI=1S/C17H12N4O2/c1-11-3-2-4-13(9-11)16-15(10-18)19-20-21(16)14-7-5-12(6-8-14)17(22)23/h2-9H,1H3,(H,22,23). The second kappa shape index (κ2) is 5.73. The summed E-state index contributed by atoms with van der Waals surface area (Å²) in [5.74, 6) is -0.994. The molecule has 6 heteroatoms. The molecule has 0 bridgehead atoms. The molecule has 23 heavy (non-hydrogen) atoms. The van der Waals surface area contributed by atoms with Crippen molar-refractivity contribution in [2.24, 2.45) is 0 Å². The van der Waals surface area contributed by atoms with E-state index in [0.29, 0.717) is 11.4 Å². The molecule has 0 saturated heterocycles. The van der Waals surface area contributed by atoms with E-state index in [0.717, 1.165) is 11.1 Å². The number of nitriles is 1. The van der Waals surface area contributed by atoms with Crippen molar-refractivity contribution in [1.82, 2.24) is 15.0 Å². The minimum atomic E-state index is -0.994. The molecule has 0 amide bonds. The first kappa shape index (κ1) is 14.5. The number of hydrogen-bond acceptors (Lipinski definition) is 4. The Morgan fingerprint density at radius 3 is 2.57 bits per heavy atom. The number of rotatable bonds is 3. The quantitative estimate of drug-likeness (QED) is 0.803. The first-order valence-corrected chi connectivity index (χ1v) is 6.86. The molecule has 0 saturated carbocycles. The molecule has 0 atom stereocenters. The van der Waals surface area contributed by atoms with Gasteiger partial charge < -0.3 is 5.11 Å². The Hall–Kier alpha value is -3.46. The molecule has 3 aromatic rings. The summed E-state index contributed by atoms with van der Waals surface area (Å²) in [4.78, 5) is 10.9. The van der Waals surface area contributed by atoms with Gasteiger partial charge in [-0.25, -0.2) is 9.48 Å². The van der Waals surface area contributed by atoms with E-state index in [4.69, 9.17) is 5.11 Å². The highest BCUT2D eigenvalue weighted by atomic mass is 16.4. The normalized spacial score (nSPS) is 10.3. The molecule has 2 aromatic carbocycles. The second-order valence-electron chi connectivity index (χ2n) is 5.03. The average Bonchev–Trinajstić information content (AvgIpc) is 2.99. The number of carboxylic acids is 1. The third-order valence-electron chi connectivity index (χ3n) is 3.43. The Kier molecular flexibility index (Phi) is 3.61. The maximum Gasteiger partial charge on any atom is 0.335 e. The smallest absolute Gasteiger partial charge is 0.335 e. The van der Waals surface area contributed by atoms with E-state index in [1.54, 1.807) is 16.8 Å². The molecule has 0 unspecified atom stereocenters. The second-order valence-corrected chi connectivity index (χ2v) is 5.03. The number of nitrogens with zero attached hydrogens (tertiary/aromatic N) is 4. The van der Waals surface area contributed by atoms with Crippen molar-refractivity contribution in [3.63, 3.8) is 0 Å². The van der Waals surface area contributed by atoms with E-state index in [9.17, 15) is 10.1 Å². The van der Waals surface area contributed by atoms with Crippen LogP contribution in [0.3, 0.4) is 0 Å². The number of carboxylic acid groups (broad SMARTS) is 1. The summed E-state index contributed by atoms with van der Waals surface area (Å²) in [5.41, 5.74) is 3.51. The fourth-order valence-electron chi connectivity index (χ4n) is 2.33. The van der Waals surface area contributed by atoms with Crippen LogP contribution in [0.25, 0.3) is 16.9 Å². The van der Waals surface area contributed by atoms with Gasteiger partial charge in [0.15, 0.2) is 5.69 Å². The molecule has 1 N–H and O–H groups in total. The van der Waals surface area contributed by atoms with Crippen molar-refractivity contribution in [3.8, 4) is 23.0 Å². The zero-order valence-corrected chi connectivity index (χ0v) is 12.3. The van der Waals surface area contributed by atoms with Crippen molar-refractivity contribution in [3.05, 3.63) is 65.4 Å². The van der Waals surface area contributed by atoms with Gasteiger partial charge in [0.1, 0.15) is 11.8 Å². The van der Waals surface area contributed by atoms with Crippen LogP contribution in [0.5, 0.6) is 0 Å². The molecule has 0 aliphatic heterocycles. The van der Waals surface area contributed by atoms with E-state index in [2.05, 4.69) is 10.3 Å². The van der Waals surface area contributed by atoms with Crippen LogP contribution in [0, 0.1) is 18.3 Å². The van der Waals surface area contributed by atoms with Crippen LogP contribution in [0.15, 0.2) is 48.5 Å². The highest BCUT2D eigenvalue weighted by Gasteiger charge is 2.16. The number of aromatic nitrogens is 3. The molecule has 112 valence electrons. The first-order valence-electron chi connectivity index (χ1n) is 6.86. The Morgan fingerprint density at radius 1 is 1.22 bits per heavy atom. The van der Waals surface area contributed by atoms with Crippen molar-refractivity contribution < 1.29 is 9.90 Å². The minimum Gasteiger partial charge on any atom is -0.478 e. The fourth-order valence-corrected chi connectivity index (χ4v) is 2.33. The van der Waals surface area contributed by atoms with Crippen molar-refractivity contribution in [2.45, 2.75) is 6.92 Å². The van der Waals surface area contributed by atoms with Crippen LogP contribution >= 0.6 is 0 Å². The van der Waals surface area contributed by atoms with Gasteiger partial charge in [-0.3, -0.25) is 0 Å². The van der Waals surface area contributed by atoms with E-state index in [1.807, 2.05) is 37.3 Å². The molecule has 1 aromatic heterocycles. The van der Waals surface area contributed by atoms with E-state index in [-0.39, 0.29) is 11.3 Å².